The molecular formula is C22H26N2O3. The standard InChI is InChI=1S/C22H26N2O3/c1-15(2)13-24-19-10-9-18(12-20(19)27-14-22(24)26)23-21(25)11-8-17-6-4-16(3)5-7-17/h4-7,9-10,12,15H,8,11,13-14H2,1-3H3,(H,23,25). The lowest BCUT2D eigenvalue weighted by molar-refractivity contribution is -0.121. The van der Waals surface area contributed by atoms with Gasteiger partial charge < -0.3 is 15.0 Å². The zero-order valence-corrected chi connectivity index (χ0v) is 16.1. The molecule has 1 aliphatic heterocycles. The molecule has 0 aromatic heterocycles. The van der Waals surface area contributed by atoms with Crippen LogP contribution < -0.4 is 15.0 Å². The van der Waals surface area contributed by atoms with Crippen LogP contribution in [0.4, 0.5) is 11.4 Å². The first-order chi connectivity index (χ1) is 12.9. The van der Waals surface area contributed by atoms with Crippen LogP contribution in [0.3, 0.4) is 0 Å². The summed E-state index contributed by atoms with van der Waals surface area (Å²) in [7, 11) is 0. The fourth-order valence-electron chi connectivity index (χ4n) is 3.08. The topological polar surface area (TPSA) is 58.6 Å². The molecule has 1 heterocycles. The third kappa shape index (κ3) is 4.88. The molecule has 0 radical (unpaired) electrons. The largest absolute Gasteiger partial charge is 0.481 e. The van der Waals surface area contributed by atoms with E-state index in [-0.39, 0.29) is 18.4 Å². The molecule has 2 aromatic rings. The first kappa shape index (κ1) is 19.0. The summed E-state index contributed by atoms with van der Waals surface area (Å²) in [6, 6.07) is 13.7. The number of carbonyl (C=O) groups is 2. The van der Waals surface area contributed by atoms with Gasteiger partial charge in [-0.1, -0.05) is 43.7 Å². The molecule has 0 aliphatic carbocycles. The van der Waals surface area contributed by atoms with Gasteiger partial charge in [-0.3, -0.25) is 9.59 Å². The molecule has 5 nitrogen and oxygen atoms in total. The maximum Gasteiger partial charge on any atom is 0.265 e. The van der Waals surface area contributed by atoms with Crippen LogP contribution in [-0.4, -0.2) is 25.0 Å². The fraction of sp³-hybridized carbons (Fsp3) is 0.364. The Morgan fingerprint density at radius 2 is 1.93 bits per heavy atom. The van der Waals surface area contributed by atoms with Crippen LogP contribution in [0.15, 0.2) is 42.5 Å². The average molecular weight is 366 g/mol. The maximum atomic E-state index is 12.3. The smallest absolute Gasteiger partial charge is 0.265 e. The highest BCUT2D eigenvalue weighted by molar-refractivity contribution is 5.99. The molecule has 0 saturated heterocycles. The molecule has 3 rings (SSSR count). The highest BCUT2D eigenvalue weighted by Crippen LogP contribution is 2.35. The first-order valence-corrected chi connectivity index (χ1v) is 9.35. The summed E-state index contributed by atoms with van der Waals surface area (Å²) in [5.41, 5.74) is 3.80. The first-order valence-electron chi connectivity index (χ1n) is 9.35. The number of amides is 2. The molecule has 0 spiro atoms. The second-order valence-electron chi connectivity index (χ2n) is 7.40. The van der Waals surface area contributed by atoms with E-state index < -0.39 is 0 Å². The van der Waals surface area contributed by atoms with E-state index in [1.165, 1.54) is 5.56 Å². The summed E-state index contributed by atoms with van der Waals surface area (Å²) in [4.78, 5) is 26.1. The minimum absolute atomic E-state index is 0.0323. The van der Waals surface area contributed by atoms with Crippen LogP contribution in [0.25, 0.3) is 0 Å². The average Bonchev–Trinajstić information content (AvgIpc) is 2.63. The molecule has 27 heavy (non-hydrogen) atoms. The van der Waals surface area contributed by atoms with Gasteiger partial charge in [0.25, 0.3) is 5.91 Å². The Bertz CT molecular complexity index is 828. The van der Waals surface area contributed by atoms with E-state index in [1.807, 2.05) is 19.1 Å². The molecule has 142 valence electrons. The molecule has 2 aromatic carbocycles. The van der Waals surface area contributed by atoms with Crippen molar-refractivity contribution in [1.82, 2.24) is 0 Å². The van der Waals surface area contributed by atoms with E-state index in [4.69, 9.17) is 4.74 Å². The minimum Gasteiger partial charge on any atom is -0.481 e. The number of nitrogens with one attached hydrogen (secondary N) is 1. The van der Waals surface area contributed by atoms with Gasteiger partial charge in [0.1, 0.15) is 5.75 Å². The summed E-state index contributed by atoms with van der Waals surface area (Å²) >= 11 is 0. The maximum absolute atomic E-state index is 12.3. The van der Waals surface area contributed by atoms with E-state index in [1.54, 1.807) is 11.0 Å². The molecular weight excluding hydrogens is 340 g/mol. The van der Waals surface area contributed by atoms with Crippen molar-refractivity contribution in [3.05, 3.63) is 53.6 Å². The van der Waals surface area contributed by atoms with Crippen molar-refractivity contribution >= 4 is 23.2 Å². The third-order valence-electron chi connectivity index (χ3n) is 4.50. The Kier molecular flexibility index (Phi) is 5.79. The van der Waals surface area contributed by atoms with E-state index >= 15 is 0 Å². The quantitative estimate of drug-likeness (QED) is 0.842. The van der Waals surface area contributed by atoms with E-state index in [2.05, 4.69) is 43.4 Å². The summed E-state index contributed by atoms with van der Waals surface area (Å²) < 4.78 is 5.57. The number of rotatable bonds is 6. The van der Waals surface area contributed by atoms with Crippen molar-refractivity contribution in [2.45, 2.75) is 33.6 Å². The molecule has 1 aliphatic rings. The van der Waals surface area contributed by atoms with Gasteiger partial charge in [-0.25, -0.2) is 0 Å². The SMILES string of the molecule is Cc1ccc(CCC(=O)Nc2ccc3c(c2)OCC(=O)N3CC(C)C)cc1. The minimum atomic E-state index is -0.0403. The number of aryl methyl sites for hydroxylation is 2. The number of benzene rings is 2. The van der Waals surface area contributed by atoms with Crippen LogP contribution in [0.2, 0.25) is 0 Å². The van der Waals surface area contributed by atoms with Gasteiger partial charge in [-0.2, -0.15) is 0 Å². The van der Waals surface area contributed by atoms with Crippen molar-refractivity contribution in [2.75, 3.05) is 23.4 Å². The van der Waals surface area contributed by atoms with Gasteiger partial charge in [0.2, 0.25) is 5.91 Å². The normalized spacial score (nSPS) is 13.3. The van der Waals surface area contributed by atoms with Crippen LogP contribution >= 0.6 is 0 Å². The fourth-order valence-corrected chi connectivity index (χ4v) is 3.08. The van der Waals surface area contributed by atoms with Gasteiger partial charge in [-0.05, 0) is 37.0 Å². The Balaban J connectivity index is 1.63. The molecule has 0 fully saturated rings. The number of ether oxygens (including phenoxy) is 1. The molecule has 0 atom stereocenters. The lowest BCUT2D eigenvalue weighted by Gasteiger charge is -2.31. The summed E-state index contributed by atoms with van der Waals surface area (Å²) in [6.07, 6.45) is 1.11. The number of carbonyl (C=O) groups excluding carboxylic acids is 2. The molecule has 0 bridgehead atoms. The van der Waals surface area contributed by atoms with E-state index in [9.17, 15) is 9.59 Å². The number of hydrogen-bond acceptors (Lipinski definition) is 3. The zero-order valence-electron chi connectivity index (χ0n) is 16.1. The van der Waals surface area contributed by atoms with Gasteiger partial charge in [0.05, 0.1) is 5.69 Å². The Morgan fingerprint density at radius 3 is 2.63 bits per heavy atom. The van der Waals surface area contributed by atoms with Crippen molar-refractivity contribution < 1.29 is 14.3 Å². The second-order valence-corrected chi connectivity index (χ2v) is 7.40. The van der Waals surface area contributed by atoms with Crippen molar-refractivity contribution in [1.29, 1.82) is 0 Å². The summed E-state index contributed by atoms with van der Waals surface area (Å²) in [6.45, 7) is 6.88. The lowest BCUT2D eigenvalue weighted by Crippen LogP contribution is -2.40. The summed E-state index contributed by atoms with van der Waals surface area (Å²) in [5, 5.41) is 2.92. The Morgan fingerprint density at radius 1 is 1.19 bits per heavy atom. The van der Waals surface area contributed by atoms with Crippen molar-refractivity contribution in [3.8, 4) is 5.75 Å². The van der Waals surface area contributed by atoms with Crippen LogP contribution in [-0.2, 0) is 16.0 Å². The molecule has 2 amide bonds. The predicted octanol–water partition coefficient (Wildman–Crippen LogP) is 3.95. The highest BCUT2D eigenvalue weighted by Gasteiger charge is 2.26. The molecule has 0 saturated carbocycles. The molecule has 5 heteroatoms. The van der Waals surface area contributed by atoms with Gasteiger partial charge in [-0.15, -0.1) is 0 Å². The predicted molar refractivity (Wildman–Crippen MR) is 107 cm³/mol. The number of anilines is 2. The molecule has 0 unspecified atom stereocenters. The number of nitrogens with zero attached hydrogens (tertiary/aromatic N) is 1. The van der Waals surface area contributed by atoms with E-state index in [0.717, 1.165) is 11.3 Å². The number of hydrogen-bond donors (Lipinski definition) is 1. The van der Waals surface area contributed by atoms with Crippen LogP contribution in [0.5, 0.6) is 5.75 Å². The van der Waals surface area contributed by atoms with Gasteiger partial charge in [0.15, 0.2) is 6.61 Å². The Labute approximate surface area is 160 Å². The second kappa shape index (κ2) is 8.25. The van der Waals surface area contributed by atoms with Gasteiger partial charge in [0, 0.05) is 24.7 Å². The third-order valence-corrected chi connectivity index (χ3v) is 4.50. The lowest BCUT2D eigenvalue weighted by atomic mass is 10.1. The Hall–Kier alpha value is -2.82. The highest BCUT2D eigenvalue weighted by atomic mass is 16.5. The van der Waals surface area contributed by atoms with Crippen LogP contribution in [0, 0.1) is 12.8 Å². The van der Waals surface area contributed by atoms with Gasteiger partial charge >= 0.3 is 0 Å². The van der Waals surface area contributed by atoms with Crippen molar-refractivity contribution in [3.63, 3.8) is 0 Å². The zero-order chi connectivity index (χ0) is 19.4. The van der Waals surface area contributed by atoms with E-state index in [0.29, 0.717) is 36.7 Å². The summed E-state index contributed by atoms with van der Waals surface area (Å²) in [5.74, 6) is 0.917. The number of fused-ring (bicyclic) bond motifs is 1. The molecule has 1 N–H and O–H groups in total. The van der Waals surface area contributed by atoms with Crippen molar-refractivity contribution in [2.24, 2.45) is 5.92 Å². The van der Waals surface area contributed by atoms with Crippen LogP contribution in [0.1, 0.15) is 31.4 Å². The monoisotopic (exact) mass is 366 g/mol.